The van der Waals surface area contributed by atoms with E-state index in [4.69, 9.17) is 9.84 Å². The van der Waals surface area contributed by atoms with Gasteiger partial charge in [-0.3, -0.25) is 4.79 Å². The fraction of sp³-hybridized carbons (Fsp3) is 0.846. The van der Waals surface area contributed by atoms with E-state index in [0.717, 1.165) is 6.42 Å². The quantitative estimate of drug-likeness (QED) is 0.678. The van der Waals surface area contributed by atoms with Crippen LogP contribution in [0.15, 0.2) is 0 Å². The largest absolute Gasteiger partial charge is 0.481 e. The Balaban J connectivity index is 2.35. The van der Waals surface area contributed by atoms with Gasteiger partial charge in [-0.1, -0.05) is 20.8 Å². The first kappa shape index (κ1) is 15.8. The molecule has 1 rings (SSSR count). The fourth-order valence-corrected chi connectivity index (χ4v) is 2.36. The number of amides is 2. The van der Waals surface area contributed by atoms with Crippen molar-refractivity contribution < 1.29 is 19.4 Å². The van der Waals surface area contributed by atoms with Gasteiger partial charge in [-0.15, -0.1) is 0 Å². The van der Waals surface area contributed by atoms with Crippen LogP contribution < -0.4 is 10.6 Å². The maximum absolute atomic E-state index is 11.7. The summed E-state index contributed by atoms with van der Waals surface area (Å²) in [5.41, 5.74) is -0.0942. The van der Waals surface area contributed by atoms with Crippen LogP contribution in [0, 0.1) is 11.3 Å². The van der Waals surface area contributed by atoms with Gasteiger partial charge in [0.2, 0.25) is 0 Å². The van der Waals surface area contributed by atoms with Gasteiger partial charge >= 0.3 is 12.0 Å². The predicted molar refractivity (Wildman–Crippen MR) is 70.9 cm³/mol. The van der Waals surface area contributed by atoms with Gasteiger partial charge in [0.1, 0.15) is 0 Å². The molecule has 0 aromatic rings. The van der Waals surface area contributed by atoms with E-state index in [1.807, 2.05) is 13.8 Å². The predicted octanol–water partition coefficient (Wildman–Crippen LogP) is 1.21. The van der Waals surface area contributed by atoms with Gasteiger partial charge in [0.15, 0.2) is 0 Å². The van der Waals surface area contributed by atoms with Gasteiger partial charge in [-0.2, -0.15) is 0 Å². The Kier molecular flexibility index (Phi) is 5.17. The first-order valence-corrected chi connectivity index (χ1v) is 6.62. The van der Waals surface area contributed by atoms with Crippen molar-refractivity contribution in [2.24, 2.45) is 11.3 Å². The molecule has 0 bridgehead atoms. The Morgan fingerprint density at radius 2 is 2.11 bits per heavy atom. The number of carboxylic acid groups (broad SMARTS) is 1. The van der Waals surface area contributed by atoms with Gasteiger partial charge in [-0.25, -0.2) is 4.79 Å². The average Bonchev–Trinajstić information content (AvgIpc) is 2.34. The zero-order chi connectivity index (χ0) is 14.6. The monoisotopic (exact) mass is 272 g/mol. The average molecular weight is 272 g/mol. The van der Waals surface area contributed by atoms with Crippen LogP contribution in [0.4, 0.5) is 4.79 Å². The number of hydrogen-bond acceptors (Lipinski definition) is 3. The highest BCUT2D eigenvalue weighted by molar-refractivity contribution is 5.76. The first-order chi connectivity index (χ1) is 8.82. The van der Waals surface area contributed by atoms with Crippen molar-refractivity contribution in [1.29, 1.82) is 0 Å². The van der Waals surface area contributed by atoms with Crippen LogP contribution in [0.1, 0.15) is 33.6 Å². The molecule has 19 heavy (non-hydrogen) atoms. The number of aliphatic carboxylic acids is 1. The summed E-state index contributed by atoms with van der Waals surface area (Å²) in [7, 11) is 1.67. The SMILES string of the molecule is CCC(CNC(=O)NC1CC(OC)C1(C)C)C(=O)O. The Morgan fingerprint density at radius 1 is 1.47 bits per heavy atom. The Labute approximate surface area is 113 Å². The number of carboxylic acids is 1. The topological polar surface area (TPSA) is 87.7 Å². The molecular weight excluding hydrogens is 248 g/mol. The van der Waals surface area contributed by atoms with Crippen molar-refractivity contribution in [2.75, 3.05) is 13.7 Å². The normalized spacial score (nSPS) is 26.1. The molecule has 6 nitrogen and oxygen atoms in total. The molecule has 0 aliphatic heterocycles. The zero-order valence-corrected chi connectivity index (χ0v) is 12.0. The third-order valence-electron chi connectivity index (χ3n) is 4.12. The minimum atomic E-state index is -0.883. The van der Waals surface area contributed by atoms with Crippen LogP contribution >= 0.6 is 0 Å². The molecule has 0 aromatic heterocycles. The second-order valence-electron chi connectivity index (χ2n) is 5.63. The molecule has 3 N–H and O–H groups in total. The van der Waals surface area contributed by atoms with E-state index in [2.05, 4.69) is 10.6 Å². The number of methoxy groups -OCH3 is 1. The molecule has 6 heteroatoms. The summed E-state index contributed by atoms with van der Waals surface area (Å²) in [5.74, 6) is -1.42. The Hall–Kier alpha value is -1.30. The highest BCUT2D eigenvalue weighted by atomic mass is 16.5. The number of nitrogens with one attached hydrogen (secondary N) is 2. The molecule has 1 aliphatic rings. The van der Waals surface area contributed by atoms with E-state index in [1.54, 1.807) is 14.0 Å². The molecule has 0 radical (unpaired) electrons. The van der Waals surface area contributed by atoms with Gasteiger partial charge < -0.3 is 20.5 Å². The van der Waals surface area contributed by atoms with Crippen LogP contribution in [-0.4, -0.2) is 42.9 Å². The van der Waals surface area contributed by atoms with Gasteiger partial charge in [0.05, 0.1) is 12.0 Å². The van der Waals surface area contributed by atoms with Gasteiger partial charge in [0, 0.05) is 25.1 Å². The first-order valence-electron chi connectivity index (χ1n) is 6.62. The molecule has 0 aromatic carbocycles. The summed E-state index contributed by atoms with van der Waals surface area (Å²) in [6.07, 6.45) is 1.43. The van der Waals surface area contributed by atoms with Crippen molar-refractivity contribution >= 4 is 12.0 Å². The summed E-state index contributed by atoms with van der Waals surface area (Å²) in [5, 5.41) is 14.4. The molecule has 0 heterocycles. The maximum atomic E-state index is 11.7. The lowest BCUT2D eigenvalue weighted by Gasteiger charge is -2.51. The number of ether oxygens (including phenoxy) is 1. The van der Waals surface area contributed by atoms with E-state index in [1.165, 1.54) is 0 Å². The smallest absolute Gasteiger partial charge is 0.315 e. The lowest BCUT2D eigenvalue weighted by atomic mass is 9.64. The van der Waals surface area contributed by atoms with Crippen molar-refractivity contribution in [1.82, 2.24) is 10.6 Å². The van der Waals surface area contributed by atoms with Crippen LogP contribution in [0.25, 0.3) is 0 Å². The molecule has 110 valence electrons. The van der Waals surface area contributed by atoms with E-state index in [-0.39, 0.29) is 30.1 Å². The zero-order valence-electron chi connectivity index (χ0n) is 12.0. The van der Waals surface area contributed by atoms with Crippen LogP contribution in [-0.2, 0) is 9.53 Å². The van der Waals surface area contributed by atoms with E-state index < -0.39 is 11.9 Å². The second kappa shape index (κ2) is 6.23. The fourth-order valence-electron chi connectivity index (χ4n) is 2.36. The minimum Gasteiger partial charge on any atom is -0.481 e. The number of carbonyl (C=O) groups is 2. The van der Waals surface area contributed by atoms with Crippen LogP contribution in [0.2, 0.25) is 0 Å². The standard InChI is InChI=1S/C13H24N2O4/c1-5-8(11(16)17)7-14-12(18)15-9-6-10(19-4)13(9,2)3/h8-10H,5-7H2,1-4H3,(H,16,17)(H2,14,15,18). The molecule has 0 spiro atoms. The summed E-state index contributed by atoms with van der Waals surface area (Å²) >= 11 is 0. The van der Waals surface area contributed by atoms with E-state index >= 15 is 0 Å². The lowest BCUT2D eigenvalue weighted by Crippen LogP contribution is -2.63. The molecule has 1 saturated carbocycles. The van der Waals surface area contributed by atoms with Gasteiger partial charge in [-0.05, 0) is 12.8 Å². The lowest BCUT2D eigenvalue weighted by molar-refractivity contribution is -0.141. The molecule has 0 saturated heterocycles. The summed E-state index contributed by atoms with van der Waals surface area (Å²) in [4.78, 5) is 22.5. The molecule has 3 atom stereocenters. The van der Waals surface area contributed by atoms with E-state index in [9.17, 15) is 9.59 Å². The van der Waals surface area contributed by atoms with Crippen molar-refractivity contribution in [3.05, 3.63) is 0 Å². The number of urea groups is 1. The Morgan fingerprint density at radius 3 is 2.53 bits per heavy atom. The molecule has 1 aliphatic carbocycles. The van der Waals surface area contributed by atoms with Crippen LogP contribution in [0.5, 0.6) is 0 Å². The number of hydrogen-bond donors (Lipinski definition) is 3. The van der Waals surface area contributed by atoms with E-state index in [0.29, 0.717) is 6.42 Å². The third kappa shape index (κ3) is 3.59. The summed E-state index contributed by atoms with van der Waals surface area (Å²) < 4.78 is 5.31. The summed E-state index contributed by atoms with van der Waals surface area (Å²) in [6.45, 7) is 6.03. The number of carbonyl (C=O) groups excluding carboxylic acids is 1. The molecular formula is C13H24N2O4. The molecule has 1 fully saturated rings. The highest BCUT2D eigenvalue weighted by Crippen LogP contribution is 2.42. The Bertz CT molecular complexity index is 344. The molecule has 3 unspecified atom stereocenters. The highest BCUT2D eigenvalue weighted by Gasteiger charge is 2.49. The minimum absolute atomic E-state index is 0.0577. The van der Waals surface area contributed by atoms with Gasteiger partial charge in [0.25, 0.3) is 0 Å². The van der Waals surface area contributed by atoms with Crippen molar-refractivity contribution in [3.8, 4) is 0 Å². The second-order valence-corrected chi connectivity index (χ2v) is 5.63. The van der Waals surface area contributed by atoms with Crippen molar-refractivity contribution in [3.63, 3.8) is 0 Å². The number of rotatable bonds is 6. The summed E-state index contributed by atoms with van der Waals surface area (Å²) in [6, 6.07) is -0.255. The molecule has 2 amide bonds. The van der Waals surface area contributed by atoms with Crippen molar-refractivity contribution in [2.45, 2.75) is 45.8 Å². The third-order valence-corrected chi connectivity index (χ3v) is 4.12. The van der Waals surface area contributed by atoms with Crippen LogP contribution in [0.3, 0.4) is 0 Å². The maximum Gasteiger partial charge on any atom is 0.315 e.